The minimum atomic E-state index is -0.0730. The van der Waals surface area contributed by atoms with Crippen LogP contribution in [0.25, 0.3) is 0 Å². The molecule has 1 aliphatic rings. The number of rotatable bonds is 4. The number of hydrogen-bond acceptors (Lipinski definition) is 3. The minimum Gasteiger partial charge on any atom is -0.295 e. The van der Waals surface area contributed by atoms with Crippen LogP contribution < -0.4 is 10.7 Å². The summed E-state index contributed by atoms with van der Waals surface area (Å²) in [5.74, 6) is 0.635. The van der Waals surface area contributed by atoms with Crippen molar-refractivity contribution in [2.24, 2.45) is 5.92 Å². The van der Waals surface area contributed by atoms with Gasteiger partial charge in [-0.05, 0) is 31.4 Å². The Morgan fingerprint density at radius 3 is 2.61 bits per heavy atom. The van der Waals surface area contributed by atoms with Crippen LogP contribution in [0.2, 0.25) is 0 Å². The van der Waals surface area contributed by atoms with Crippen molar-refractivity contribution in [2.75, 3.05) is 5.43 Å². The number of benzene rings is 1. The Hall–Kier alpha value is -1.55. The van der Waals surface area contributed by atoms with E-state index in [-0.39, 0.29) is 18.1 Å². The first-order chi connectivity index (χ1) is 8.58. The lowest BCUT2D eigenvalue weighted by molar-refractivity contribution is -0.128. The summed E-state index contributed by atoms with van der Waals surface area (Å²) in [6.45, 7) is 6.26. The maximum Gasteiger partial charge on any atom is 0.259 e. The first kappa shape index (κ1) is 12.9. The van der Waals surface area contributed by atoms with E-state index in [0.29, 0.717) is 5.92 Å². The van der Waals surface area contributed by atoms with Crippen LogP contribution in [0.5, 0.6) is 0 Å². The van der Waals surface area contributed by atoms with Crippen LogP contribution in [-0.2, 0) is 4.79 Å². The number of carbonyl (C=O) groups excluding carboxylic acids is 1. The predicted octanol–water partition coefficient (Wildman–Crippen LogP) is 2.21. The van der Waals surface area contributed by atoms with Crippen LogP contribution in [0, 0.1) is 5.92 Å². The maximum atomic E-state index is 12.3. The van der Waals surface area contributed by atoms with Gasteiger partial charge in [0.25, 0.3) is 5.91 Å². The van der Waals surface area contributed by atoms with Gasteiger partial charge in [0, 0.05) is 0 Å². The second kappa shape index (κ2) is 5.40. The summed E-state index contributed by atoms with van der Waals surface area (Å²) in [6.07, 6.45) is 0.886. The van der Waals surface area contributed by atoms with Gasteiger partial charge in [-0.1, -0.05) is 32.0 Å². The first-order valence-corrected chi connectivity index (χ1v) is 6.48. The summed E-state index contributed by atoms with van der Waals surface area (Å²) in [5, 5.41) is 5.00. The van der Waals surface area contributed by atoms with Crippen LogP contribution in [0.15, 0.2) is 30.3 Å². The molecule has 2 rings (SSSR count). The van der Waals surface area contributed by atoms with Crippen LogP contribution in [0.4, 0.5) is 5.69 Å². The Balaban J connectivity index is 2.03. The number of nitrogens with zero attached hydrogens (tertiary/aromatic N) is 1. The number of nitrogens with one attached hydrogen (secondary N) is 2. The largest absolute Gasteiger partial charge is 0.295 e. The molecule has 18 heavy (non-hydrogen) atoms. The molecule has 0 bridgehead atoms. The molecule has 0 aliphatic carbocycles. The standard InChI is InChI=1S/C14H21N3O/c1-10(2)9-13-14(18)17(11(3)15-13)16-12-7-5-4-6-8-12/h4-8,10-11,13,15-16H,9H2,1-3H3/t11?,13-/m0/s1. The maximum absolute atomic E-state index is 12.3. The Morgan fingerprint density at radius 2 is 2.00 bits per heavy atom. The average Bonchev–Trinajstić information content (AvgIpc) is 2.58. The Labute approximate surface area is 108 Å². The molecule has 1 saturated heterocycles. The van der Waals surface area contributed by atoms with E-state index in [1.165, 1.54) is 0 Å². The summed E-state index contributed by atoms with van der Waals surface area (Å²) in [7, 11) is 0. The summed E-state index contributed by atoms with van der Waals surface area (Å²) in [6, 6.07) is 9.70. The van der Waals surface area contributed by atoms with Gasteiger partial charge in [0.2, 0.25) is 0 Å². The Morgan fingerprint density at radius 1 is 1.33 bits per heavy atom. The molecule has 2 atom stereocenters. The van der Waals surface area contributed by atoms with Crippen molar-refractivity contribution in [3.05, 3.63) is 30.3 Å². The number of para-hydroxylation sites is 1. The zero-order chi connectivity index (χ0) is 13.1. The molecule has 0 aromatic heterocycles. The quantitative estimate of drug-likeness (QED) is 0.857. The fourth-order valence-corrected chi connectivity index (χ4v) is 2.24. The van der Waals surface area contributed by atoms with Crippen LogP contribution in [0.3, 0.4) is 0 Å². The van der Waals surface area contributed by atoms with E-state index in [1.54, 1.807) is 5.01 Å². The molecule has 1 unspecified atom stereocenters. The first-order valence-electron chi connectivity index (χ1n) is 6.48. The molecule has 98 valence electrons. The molecular formula is C14H21N3O. The predicted molar refractivity (Wildman–Crippen MR) is 72.8 cm³/mol. The molecule has 0 radical (unpaired) electrons. The van der Waals surface area contributed by atoms with E-state index >= 15 is 0 Å². The van der Waals surface area contributed by atoms with Crippen LogP contribution in [-0.4, -0.2) is 23.1 Å². The molecule has 1 heterocycles. The SMILES string of the molecule is CC(C)C[C@@H]1NC(C)N(Nc2ccccc2)C1=O. The van der Waals surface area contributed by atoms with Crippen molar-refractivity contribution < 1.29 is 4.79 Å². The molecule has 1 aromatic rings. The summed E-state index contributed by atoms with van der Waals surface area (Å²) in [4.78, 5) is 12.3. The van der Waals surface area contributed by atoms with E-state index in [0.717, 1.165) is 12.1 Å². The monoisotopic (exact) mass is 247 g/mol. The van der Waals surface area contributed by atoms with Crippen molar-refractivity contribution in [3.63, 3.8) is 0 Å². The lowest BCUT2D eigenvalue weighted by atomic mass is 10.0. The third-order valence-corrected chi connectivity index (χ3v) is 3.10. The smallest absolute Gasteiger partial charge is 0.259 e. The fourth-order valence-electron chi connectivity index (χ4n) is 2.24. The van der Waals surface area contributed by atoms with Gasteiger partial charge >= 0.3 is 0 Å². The number of carbonyl (C=O) groups is 1. The van der Waals surface area contributed by atoms with E-state index in [4.69, 9.17) is 0 Å². The molecule has 0 spiro atoms. The van der Waals surface area contributed by atoms with Crippen molar-refractivity contribution >= 4 is 11.6 Å². The molecule has 4 nitrogen and oxygen atoms in total. The van der Waals surface area contributed by atoms with Gasteiger partial charge in [-0.25, -0.2) is 5.01 Å². The van der Waals surface area contributed by atoms with Crippen molar-refractivity contribution in [1.82, 2.24) is 10.3 Å². The number of amides is 1. The van der Waals surface area contributed by atoms with E-state index < -0.39 is 0 Å². The van der Waals surface area contributed by atoms with Gasteiger partial charge in [0.15, 0.2) is 0 Å². The molecule has 1 fully saturated rings. The summed E-state index contributed by atoms with van der Waals surface area (Å²) < 4.78 is 0. The Kier molecular flexibility index (Phi) is 3.87. The van der Waals surface area contributed by atoms with Gasteiger partial charge in [-0.3, -0.25) is 15.5 Å². The molecule has 1 aliphatic heterocycles. The molecule has 0 saturated carbocycles. The molecule has 4 heteroatoms. The van der Waals surface area contributed by atoms with Gasteiger partial charge in [0.1, 0.15) is 6.17 Å². The highest BCUT2D eigenvalue weighted by atomic mass is 16.2. The highest BCUT2D eigenvalue weighted by molar-refractivity contribution is 5.85. The number of hydrazine groups is 1. The second-order valence-corrected chi connectivity index (χ2v) is 5.21. The van der Waals surface area contributed by atoms with Gasteiger partial charge < -0.3 is 0 Å². The highest BCUT2D eigenvalue weighted by Gasteiger charge is 2.36. The lowest BCUT2D eigenvalue weighted by Crippen LogP contribution is -2.39. The average molecular weight is 247 g/mol. The zero-order valence-electron chi connectivity index (χ0n) is 11.2. The van der Waals surface area contributed by atoms with Crippen molar-refractivity contribution in [3.8, 4) is 0 Å². The molecule has 2 N–H and O–H groups in total. The highest BCUT2D eigenvalue weighted by Crippen LogP contribution is 2.18. The fraction of sp³-hybridized carbons (Fsp3) is 0.500. The van der Waals surface area contributed by atoms with Gasteiger partial charge in [0.05, 0.1) is 11.7 Å². The molecule has 1 amide bonds. The summed E-state index contributed by atoms with van der Waals surface area (Å²) >= 11 is 0. The van der Waals surface area contributed by atoms with Crippen LogP contribution in [0.1, 0.15) is 27.2 Å². The second-order valence-electron chi connectivity index (χ2n) is 5.21. The van der Waals surface area contributed by atoms with Gasteiger partial charge in [-0.15, -0.1) is 0 Å². The summed E-state index contributed by atoms with van der Waals surface area (Å²) in [5.41, 5.74) is 4.10. The third kappa shape index (κ3) is 2.82. The number of hydrogen-bond donors (Lipinski definition) is 2. The zero-order valence-corrected chi connectivity index (χ0v) is 11.2. The third-order valence-electron chi connectivity index (χ3n) is 3.10. The van der Waals surface area contributed by atoms with Gasteiger partial charge in [-0.2, -0.15) is 0 Å². The van der Waals surface area contributed by atoms with E-state index in [9.17, 15) is 4.79 Å². The van der Waals surface area contributed by atoms with Crippen LogP contribution >= 0.6 is 0 Å². The van der Waals surface area contributed by atoms with E-state index in [1.807, 2.05) is 37.3 Å². The van der Waals surface area contributed by atoms with Crippen molar-refractivity contribution in [1.29, 1.82) is 0 Å². The normalized spacial score (nSPS) is 23.8. The number of anilines is 1. The Bertz CT molecular complexity index is 405. The molecule has 1 aromatic carbocycles. The van der Waals surface area contributed by atoms with Crippen molar-refractivity contribution in [2.45, 2.75) is 39.4 Å². The minimum absolute atomic E-state index is 0.0152. The topological polar surface area (TPSA) is 44.4 Å². The molecular weight excluding hydrogens is 226 g/mol. The lowest BCUT2D eigenvalue weighted by Gasteiger charge is -2.22. The van der Waals surface area contributed by atoms with E-state index in [2.05, 4.69) is 24.6 Å².